The van der Waals surface area contributed by atoms with Gasteiger partial charge in [0.25, 0.3) is 5.91 Å². The lowest BCUT2D eigenvalue weighted by molar-refractivity contribution is 0.0710. The number of benzene rings is 2. The maximum absolute atomic E-state index is 13.4. The molecular weight excluding hydrogens is 341 g/mol. The molecule has 0 bridgehead atoms. The van der Waals surface area contributed by atoms with Crippen LogP contribution in [0.25, 0.3) is 0 Å². The fourth-order valence-electron chi connectivity index (χ4n) is 3.18. The Balaban J connectivity index is 1.72. The van der Waals surface area contributed by atoms with Gasteiger partial charge in [0.05, 0.1) is 17.3 Å². The summed E-state index contributed by atoms with van der Waals surface area (Å²) in [6, 6.07) is 17.5. The molecule has 0 N–H and O–H groups in total. The summed E-state index contributed by atoms with van der Waals surface area (Å²) in [5, 5.41) is 6.11. The highest BCUT2D eigenvalue weighted by atomic mass is 19.1. The van der Waals surface area contributed by atoms with Crippen LogP contribution in [0.15, 0.2) is 78.2 Å². The van der Waals surface area contributed by atoms with Gasteiger partial charge >= 0.3 is 0 Å². The van der Waals surface area contributed by atoms with Gasteiger partial charge in [-0.3, -0.25) is 9.78 Å². The summed E-state index contributed by atoms with van der Waals surface area (Å²) >= 11 is 0. The van der Waals surface area contributed by atoms with Gasteiger partial charge in [0.2, 0.25) is 0 Å². The molecule has 0 spiro atoms. The molecule has 0 saturated heterocycles. The highest BCUT2D eigenvalue weighted by Gasteiger charge is 2.33. The number of amides is 1. The number of nitrogens with zero attached hydrogens (tertiary/aromatic N) is 3. The first kappa shape index (κ1) is 17.1. The Morgan fingerprint density at radius 3 is 2.48 bits per heavy atom. The third-order valence-electron chi connectivity index (χ3n) is 4.67. The van der Waals surface area contributed by atoms with Crippen molar-refractivity contribution in [1.29, 1.82) is 0 Å². The highest BCUT2D eigenvalue weighted by molar-refractivity contribution is 6.05. The van der Waals surface area contributed by atoms with Gasteiger partial charge in [-0.1, -0.05) is 42.0 Å². The molecule has 1 amide bonds. The molecular formula is C22H18FN3O. The van der Waals surface area contributed by atoms with Crippen LogP contribution in [-0.2, 0) is 0 Å². The first-order valence-electron chi connectivity index (χ1n) is 8.75. The second-order valence-electron chi connectivity index (χ2n) is 6.58. The van der Waals surface area contributed by atoms with Crippen LogP contribution in [0, 0.1) is 12.7 Å². The second-order valence-corrected chi connectivity index (χ2v) is 6.58. The molecule has 0 fully saturated rings. The van der Waals surface area contributed by atoms with Crippen LogP contribution in [0.2, 0.25) is 0 Å². The van der Waals surface area contributed by atoms with Gasteiger partial charge in [-0.15, -0.1) is 0 Å². The molecule has 1 aliphatic heterocycles. The lowest BCUT2D eigenvalue weighted by Gasteiger charge is -2.22. The molecule has 4 rings (SSSR count). The zero-order chi connectivity index (χ0) is 18.8. The Bertz CT molecular complexity index is 982. The average Bonchev–Trinajstić information content (AvgIpc) is 3.14. The molecule has 0 saturated carbocycles. The average molecular weight is 359 g/mol. The van der Waals surface area contributed by atoms with Crippen LogP contribution in [-0.4, -0.2) is 21.6 Å². The Morgan fingerprint density at radius 1 is 1.07 bits per heavy atom. The van der Waals surface area contributed by atoms with E-state index in [1.165, 1.54) is 23.3 Å². The van der Waals surface area contributed by atoms with Crippen molar-refractivity contribution in [2.45, 2.75) is 19.4 Å². The maximum atomic E-state index is 13.4. The third-order valence-corrected chi connectivity index (χ3v) is 4.67. The van der Waals surface area contributed by atoms with Crippen molar-refractivity contribution in [3.8, 4) is 0 Å². The fraction of sp³-hybridized carbons (Fsp3) is 0.136. The van der Waals surface area contributed by atoms with Crippen molar-refractivity contribution >= 4 is 11.6 Å². The molecule has 27 heavy (non-hydrogen) atoms. The number of hydrogen-bond donors (Lipinski definition) is 0. The number of carbonyl (C=O) groups excluding carboxylic acids is 1. The van der Waals surface area contributed by atoms with E-state index in [1.807, 2.05) is 31.2 Å². The first-order chi connectivity index (χ1) is 13.1. The topological polar surface area (TPSA) is 45.6 Å². The molecule has 2 aromatic carbocycles. The Hall–Kier alpha value is -3.34. The summed E-state index contributed by atoms with van der Waals surface area (Å²) in [6.45, 7) is 2.03. The molecule has 1 aromatic heterocycles. The number of rotatable bonds is 3. The Morgan fingerprint density at radius 2 is 1.81 bits per heavy atom. The summed E-state index contributed by atoms with van der Waals surface area (Å²) in [5.74, 6) is -0.527. The number of hydrogen-bond acceptors (Lipinski definition) is 3. The zero-order valence-corrected chi connectivity index (χ0v) is 14.8. The van der Waals surface area contributed by atoms with E-state index >= 15 is 0 Å². The largest absolute Gasteiger partial charge is 0.276 e. The highest BCUT2D eigenvalue weighted by Crippen LogP contribution is 2.34. The maximum Gasteiger partial charge on any atom is 0.276 e. The summed E-state index contributed by atoms with van der Waals surface area (Å²) in [5.41, 5.74) is 4.30. The summed E-state index contributed by atoms with van der Waals surface area (Å²) in [4.78, 5) is 17.1. The SMILES string of the molecule is Cc1ccc(C2=NN(C(=O)c3cccnc3)[C@H](c3ccc(F)cc3)C2)cc1. The lowest BCUT2D eigenvalue weighted by Crippen LogP contribution is -2.27. The first-order valence-corrected chi connectivity index (χ1v) is 8.75. The van der Waals surface area contributed by atoms with Gasteiger partial charge in [-0.2, -0.15) is 5.10 Å². The molecule has 3 aromatic rings. The van der Waals surface area contributed by atoms with Crippen LogP contribution < -0.4 is 0 Å². The van der Waals surface area contributed by atoms with E-state index in [1.54, 1.807) is 30.5 Å². The second kappa shape index (κ2) is 7.11. The number of aromatic nitrogens is 1. The predicted octanol–water partition coefficient (Wildman–Crippen LogP) is 4.52. The van der Waals surface area contributed by atoms with E-state index in [4.69, 9.17) is 0 Å². The molecule has 5 heteroatoms. The predicted molar refractivity (Wildman–Crippen MR) is 102 cm³/mol. The molecule has 1 atom stereocenters. The minimum atomic E-state index is -0.304. The number of carbonyl (C=O) groups is 1. The molecule has 134 valence electrons. The van der Waals surface area contributed by atoms with E-state index < -0.39 is 0 Å². The summed E-state index contributed by atoms with van der Waals surface area (Å²) in [6.07, 6.45) is 3.73. The van der Waals surface area contributed by atoms with Crippen LogP contribution in [0.1, 0.15) is 39.5 Å². The molecule has 1 aliphatic rings. The fourth-order valence-corrected chi connectivity index (χ4v) is 3.18. The van der Waals surface area contributed by atoms with E-state index in [0.29, 0.717) is 12.0 Å². The smallest absolute Gasteiger partial charge is 0.267 e. The van der Waals surface area contributed by atoms with Gasteiger partial charge in [0.15, 0.2) is 0 Å². The van der Waals surface area contributed by atoms with Crippen molar-refractivity contribution in [3.05, 3.63) is 101 Å². The molecule has 0 unspecified atom stereocenters. The van der Waals surface area contributed by atoms with E-state index in [-0.39, 0.29) is 17.8 Å². The van der Waals surface area contributed by atoms with Crippen LogP contribution in [0.5, 0.6) is 0 Å². The normalized spacial score (nSPS) is 16.3. The van der Waals surface area contributed by atoms with Crippen molar-refractivity contribution in [3.63, 3.8) is 0 Å². The Labute approximate surface area is 157 Å². The molecule has 2 heterocycles. The van der Waals surface area contributed by atoms with Crippen molar-refractivity contribution < 1.29 is 9.18 Å². The molecule has 0 aliphatic carbocycles. The van der Waals surface area contributed by atoms with Gasteiger partial charge in [0.1, 0.15) is 5.82 Å². The minimum absolute atomic E-state index is 0.223. The van der Waals surface area contributed by atoms with E-state index in [9.17, 15) is 9.18 Å². The molecule has 0 radical (unpaired) electrons. The third kappa shape index (κ3) is 3.49. The lowest BCUT2D eigenvalue weighted by atomic mass is 9.97. The number of hydrazone groups is 1. The van der Waals surface area contributed by atoms with Crippen LogP contribution >= 0.6 is 0 Å². The van der Waals surface area contributed by atoms with Gasteiger partial charge < -0.3 is 0 Å². The van der Waals surface area contributed by atoms with Crippen molar-refractivity contribution in [2.75, 3.05) is 0 Å². The number of pyridine rings is 1. The quantitative estimate of drug-likeness (QED) is 0.690. The van der Waals surface area contributed by atoms with E-state index in [0.717, 1.165) is 22.4 Å². The van der Waals surface area contributed by atoms with Crippen LogP contribution in [0.3, 0.4) is 0 Å². The standard InChI is InChI=1S/C22H18FN3O/c1-15-4-6-16(7-5-15)20-13-21(17-8-10-19(23)11-9-17)26(25-20)22(27)18-3-2-12-24-14-18/h2-12,14,21H,13H2,1H3/t21-/m0/s1. The van der Waals surface area contributed by atoms with Crippen molar-refractivity contribution in [2.24, 2.45) is 5.10 Å². The number of aryl methyl sites for hydroxylation is 1. The van der Waals surface area contributed by atoms with Crippen molar-refractivity contribution in [1.82, 2.24) is 9.99 Å². The van der Waals surface area contributed by atoms with Crippen LogP contribution in [0.4, 0.5) is 4.39 Å². The van der Waals surface area contributed by atoms with Gasteiger partial charge in [0, 0.05) is 18.8 Å². The Kier molecular flexibility index (Phi) is 4.50. The zero-order valence-electron chi connectivity index (χ0n) is 14.8. The minimum Gasteiger partial charge on any atom is -0.267 e. The monoisotopic (exact) mass is 359 g/mol. The van der Waals surface area contributed by atoms with E-state index in [2.05, 4.69) is 10.1 Å². The molecule has 4 nitrogen and oxygen atoms in total. The van der Waals surface area contributed by atoms with Gasteiger partial charge in [-0.05, 0) is 42.3 Å². The van der Waals surface area contributed by atoms with Gasteiger partial charge in [-0.25, -0.2) is 9.40 Å². The number of halogens is 1. The summed E-state index contributed by atoms with van der Waals surface area (Å²) < 4.78 is 13.4. The summed E-state index contributed by atoms with van der Waals surface area (Å²) in [7, 11) is 0.